The fourth-order valence-electron chi connectivity index (χ4n) is 3.86. The molecule has 0 spiro atoms. The number of hydrogen-bond donors (Lipinski definition) is 1. The largest absolute Gasteiger partial charge is 0.353 e. The molecule has 1 unspecified atom stereocenters. The molecule has 1 aromatic heterocycles. The second-order valence-electron chi connectivity index (χ2n) is 7.76. The number of likely N-dealkylation sites (tertiary alicyclic amines) is 1. The van der Waals surface area contributed by atoms with Crippen LogP contribution >= 0.6 is 11.3 Å². The molecule has 1 aromatic rings. The van der Waals surface area contributed by atoms with Crippen molar-refractivity contribution in [3.63, 3.8) is 0 Å². The van der Waals surface area contributed by atoms with Gasteiger partial charge in [-0.15, -0.1) is 11.3 Å². The van der Waals surface area contributed by atoms with Crippen molar-refractivity contribution in [2.45, 2.75) is 57.9 Å². The molecule has 1 saturated heterocycles. The van der Waals surface area contributed by atoms with E-state index in [-0.39, 0.29) is 23.8 Å². The van der Waals surface area contributed by atoms with Gasteiger partial charge in [0.15, 0.2) is 0 Å². The molecule has 24 heavy (non-hydrogen) atoms. The van der Waals surface area contributed by atoms with E-state index < -0.39 is 0 Å². The first-order valence-electron chi connectivity index (χ1n) is 9.31. The molecule has 2 heterocycles. The third-order valence-corrected chi connectivity index (χ3v) is 6.84. The van der Waals surface area contributed by atoms with Gasteiger partial charge in [-0.25, -0.2) is 0 Å². The highest BCUT2D eigenvalue weighted by Gasteiger charge is 2.32. The van der Waals surface area contributed by atoms with Crippen molar-refractivity contribution < 1.29 is 9.59 Å². The summed E-state index contributed by atoms with van der Waals surface area (Å²) >= 11 is 1.70. The number of piperidine rings is 1. The smallest absolute Gasteiger partial charge is 0.263 e. The molecule has 1 N–H and O–H groups in total. The van der Waals surface area contributed by atoms with Crippen LogP contribution in [0.3, 0.4) is 0 Å². The molecular formula is C19H26N2O2S. The lowest BCUT2D eigenvalue weighted by molar-refractivity contribution is -0.123. The normalized spacial score (nSPS) is 24.5. The van der Waals surface area contributed by atoms with Gasteiger partial charge >= 0.3 is 0 Å². The van der Waals surface area contributed by atoms with Crippen LogP contribution in [0.1, 0.15) is 59.1 Å². The lowest BCUT2D eigenvalue weighted by atomic mass is 9.90. The summed E-state index contributed by atoms with van der Waals surface area (Å²) < 4.78 is 0. The Morgan fingerprint density at radius 2 is 1.92 bits per heavy atom. The second kappa shape index (κ2) is 6.51. The van der Waals surface area contributed by atoms with E-state index in [1.54, 1.807) is 11.3 Å². The average Bonchev–Trinajstić information content (AvgIpc) is 3.35. The molecule has 4 nitrogen and oxygen atoms in total. The number of aryl methyl sites for hydroxylation is 1. The minimum Gasteiger partial charge on any atom is -0.353 e. The van der Waals surface area contributed by atoms with E-state index in [9.17, 15) is 9.59 Å². The van der Waals surface area contributed by atoms with Crippen LogP contribution in [0.15, 0.2) is 6.07 Å². The molecule has 0 aromatic carbocycles. The fourth-order valence-corrected chi connectivity index (χ4v) is 5.03. The van der Waals surface area contributed by atoms with E-state index in [2.05, 4.69) is 18.3 Å². The number of nitrogens with zero attached hydrogens (tertiary/aromatic N) is 1. The predicted octanol–water partition coefficient (Wildman–Crippen LogP) is 3.00. The SMILES string of the molecule is CC1CCc2sc(C(=O)N3CCC(NC(=O)C4CC4)CC3)cc2C1. The number of carbonyl (C=O) groups excluding carboxylic acids is 2. The molecule has 1 aliphatic heterocycles. The number of hydrogen-bond acceptors (Lipinski definition) is 3. The average molecular weight is 346 g/mol. The molecule has 130 valence electrons. The Labute approximate surface area is 147 Å². The molecule has 2 aliphatic carbocycles. The first kappa shape index (κ1) is 16.1. The van der Waals surface area contributed by atoms with E-state index in [4.69, 9.17) is 0 Å². The first-order chi connectivity index (χ1) is 11.6. The highest BCUT2D eigenvalue weighted by atomic mass is 32.1. The number of fused-ring (bicyclic) bond motifs is 1. The standard InChI is InChI=1S/C19H26N2O2S/c1-12-2-5-16-14(10-12)11-17(24-16)19(23)21-8-6-15(7-9-21)20-18(22)13-3-4-13/h11-13,15H,2-10H2,1H3,(H,20,22). The van der Waals surface area contributed by atoms with Crippen LogP contribution in [0, 0.1) is 11.8 Å². The van der Waals surface area contributed by atoms with Crippen LogP contribution in [-0.4, -0.2) is 35.8 Å². The van der Waals surface area contributed by atoms with Crippen molar-refractivity contribution in [2.24, 2.45) is 11.8 Å². The lowest BCUT2D eigenvalue weighted by Crippen LogP contribution is -2.46. The Hall–Kier alpha value is -1.36. The number of thiophene rings is 1. The van der Waals surface area contributed by atoms with Gasteiger partial charge in [-0.2, -0.15) is 0 Å². The quantitative estimate of drug-likeness (QED) is 0.915. The Morgan fingerprint density at radius 1 is 1.17 bits per heavy atom. The predicted molar refractivity (Wildman–Crippen MR) is 95.3 cm³/mol. The molecule has 2 fully saturated rings. The topological polar surface area (TPSA) is 49.4 Å². The van der Waals surface area contributed by atoms with Crippen molar-refractivity contribution in [1.82, 2.24) is 10.2 Å². The van der Waals surface area contributed by atoms with Crippen molar-refractivity contribution in [1.29, 1.82) is 0 Å². The second-order valence-corrected chi connectivity index (χ2v) is 8.89. The van der Waals surface area contributed by atoms with Gasteiger partial charge in [0.2, 0.25) is 5.91 Å². The van der Waals surface area contributed by atoms with Crippen LogP contribution in [-0.2, 0) is 17.6 Å². The maximum absolute atomic E-state index is 12.8. The monoisotopic (exact) mass is 346 g/mol. The maximum Gasteiger partial charge on any atom is 0.263 e. The highest BCUT2D eigenvalue weighted by Crippen LogP contribution is 2.33. The molecule has 1 saturated carbocycles. The van der Waals surface area contributed by atoms with Crippen LogP contribution in [0.5, 0.6) is 0 Å². The molecule has 3 aliphatic rings. The van der Waals surface area contributed by atoms with Crippen LogP contribution in [0.25, 0.3) is 0 Å². The minimum atomic E-state index is 0.189. The Morgan fingerprint density at radius 3 is 2.62 bits per heavy atom. The third kappa shape index (κ3) is 3.37. The third-order valence-electron chi connectivity index (χ3n) is 5.62. The maximum atomic E-state index is 12.8. The van der Waals surface area contributed by atoms with Gasteiger partial charge in [-0.1, -0.05) is 6.92 Å². The molecule has 0 radical (unpaired) electrons. The van der Waals surface area contributed by atoms with E-state index in [1.807, 2.05) is 4.90 Å². The molecule has 4 rings (SSSR count). The number of amides is 2. The fraction of sp³-hybridized carbons (Fsp3) is 0.684. The van der Waals surface area contributed by atoms with Crippen molar-refractivity contribution >= 4 is 23.2 Å². The molecule has 1 atom stereocenters. The van der Waals surface area contributed by atoms with Crippen LogP contribution < -0.4 is 5.32 Å². The van der Waals surface area contributed by atoms with Crippen LogP contribution in [0.2, 0.25) is 0 Å². The van der Waals surface area contributed by atoms with Gasteiger partial charge < -0.3 is 10.2 Å². The number of carbonyl (C=O) groups is 2. The van der Waals surface area contributed by atoms with Gasteiger partial charge in [-0.3, -0.25) is 9.59 Å². The van der Waals surface area contributed by atoms with Gasteiger partial charge in [0.1, 0.15) is 0 Å². The summed E-state index contributed by atoms with van der Waals surface area (Å²) in [5, 5.41) is 3.15. The van der Waals surface area contributed by atoms with E-state index in [0.29, 0.717) is 0 Å². The summed E-state index contributed by atoms with van der Waals surface area (Å²) in [5.41, 5.74) is 1.40. The van der Waals surface area contributed by atoms with Crippen molar-refractivity contribution in [2.75, 3.05) is 13.1 Å². The highest BCUT2D eigenvalue weighted by molar-refractivity contribution is 7.14. The molecule has 5 heteroatoms. The van der Waals surface area contributed by atoms with Gasteiger partial charge in [0.25, 0.3) is 5.91 Å². The zero-order valence-corrected chi connectivity index (χ0v) is 15.2. The number of nitrogens with one attached hydrogen (secondary N) is 1. The summed E-state index contributed by atoms with van der Waals surface area (Å²) in [6, 6.07) is 2.39. The molecule has 2 amide bonds. The lowest BCUT2D eigenvalue weighted by Gasteiger charge is -2.32. The zero-order chi connectivity index (χ0) is 16.7. The summed E-state index contributed by atoms with van der Waals surface area (Å²) in [7, 11) is 0. The van der Waals surface area contributed by atoms with E-state index >= 15 is 0 Å². The summed E-state index contributed by atoms with van der Waals surface area (Å²) in [6.45, 7) is 3.81. The zero-order valence-electron chi connectivity index (χ0n) is 14.3. The molecular weight excluding hydrogens is 320 g/mol. The summed E-state index contributed by atoms with van der Waals surface area (Å²) in [5.74, 6) is 1.42. The van der Waals surface area contributed by atoms with Gasteiger partial charge in [0.05, 0.1) is 4.88 Å². The first-order valence-corrected chi connectivity index (χ1v) is 10.1. The Balaban J connectivity index is 1.33. The number of rotatable bonds is 3. The van der Waals surface area contributed by atoms with Gasteiger partial charge in [0, 0.05) is 29.9 Å². The van der Waals surface area contributed by atoms with E-state index in [0.717, 1.165) is 62.4 Å². The Bertz CT molecular complexity index is 642. The van der Waals surface area contributed by atoms with Gasteiger partial charge in [-0.05, 0) is 62.5 Å². The van der Waals surface area contributed by atoms with Crippen LogP contribution in [0.4, 0.5) is 0 Å². The summed E-state index contributed by atoms with van der Waals surface area (Å²) in [4.78, 5) is 29.0. The Kier molecular flexibility index (Phi) is 4.37. The molecule has 0 bridgehead atoms. The minimum absolute atomic E-state index is 0.189. The summed E-state index contributed by atoms with van der Waals surface area (Å²) in [6.07, 6.45) is 7.35. The van der Waals surface area contributed by atoms with Crippen molar-refractivity contribution in [3.05, 3.63) is 21.4 Å². The van der Waals surface area contributed by atoms with Crippen molar-refractivity contribution in [3.8, 4) is 0 Å². The van der Waals surface area contributed by atoms with E-state index in [1.165, 1.54) is 16.9 Å².